The maximum Gasteiger partial charge on any atom is 0.387 e. The quantitative estimate of drug-likeness (QED) is 0.431. The van der Waals surface area contributed by atoms with E-state index in [4.69, 9.17) is 14.2 Å². The van der Waals surface area contributed by atoms with Crippen LogP contribution in [-0.4, -0.2) is 71.2 Å². The van der Waals surface area contributed by atoms with E-state index >= 15 is 0 Å². The first kappa shape index (κ1) is 22.0. The molecule has 1 aliphatic heterocycles. The predicted octanol–water partition coefficient (Wildman–Crippen LogP) is 1.65. The molecule has 1 aliphatic rings. The lowest BCUT2D eigenvalue weighted by Gasteiger charge is -2.18. The number of hydrogen-bond acceptors (Lipinski definition) is 6. The molecule has 0 bridgehead atoms. The number of guanidine groups is 1. The van der Waals surface area contributed by atoms with Crippen molar-refractivity contribution in [2.24, 2.45) is 4.99 Å². The largest absolute Gasteiger partial charge is 0.454 e. The molecule has 0 atom stereocenters. The number of nitrogens with one attached hydrogen (secondary N) is 2. The van der Waals surface area contributed by atoms with Crippen molar-refractivity contribution in [1.82, 2.24) is 15.5 Å². The van der Waals surface area contributed by atoms with Gasteiger partial charge in [0.25, 0.3) is 0 Å². The molecule has 10 heteroatoms. The second-order valence-electron chi connectivity index (χ2n) is 6.11. The number of rotatable bonds is 11. The van der Waals surface area contributed by atoms with Crippen LogP contribution < -0.4 is 24.8 Å². The Bertz CT molecular complexity index is 646. The van der Waals surface area contributed by atoms with Gasteiger partial charge in [-0.3, -0.25) is 0 Å². The molecule has 158 valence electrons. The summed E-state index contributed by atoms with van der Waals surface area (Å²) in [4.78, 5) is 6.60. The molecule has 0 amide bonds. The standard InChI is InChI=1S/C18H28F2N4O4/c1-4-21-18(22-5-6-24(2)7-8-25-3)23-11-13-9-15-16(27-12-26-15)10-14(13)28-17(19)20/h9-10,17H,4-8,11-12H2,1-3H3,(H2,21,22,23). The van der Waals surface area contributed by atoms with Crippen molar-refractivity contribution in [2.75, 3.05) is 53.7 Å². The van der Waals surface area contributed by atoms with Gasteiger partial charge in [0.2, 0.25) is 6.79 Å². The number of likely N-dealkylation sites (N-methyl/N-ethyl adjacent to an activating group) is 1. The highest BCUT2D eigenvalue weighted by atomic mass is 19.3. The van der Waals surface area contributed by atoms with E-state index in [1.807, 2.05) is 14.0 Å². The lowest BCUT2D eigenvalue weighted by atomic mass is 10.1. The summed E-state index contributed by atoms with van der Waals surface area (Å²) in [5, 5.41) is 6.36. The number of hydrogen-bond donors (Lipinski definition) is 2. The van der Waals surface area contributed by atoms with Crippen molar-refractivity contribution in [3.63, 3.8) is 0 Å². The first-order chi connectivity index (χ1) is 13.5. The van der Waals surface area contributed by atoms with Crippen LogP contribution in [0, 0.1) is 0 Å². The van der Waals surface area contributed by atoms with Crippen LogP contribution in [0.1, 0.15) is 12.5 Å². The summed E-state index contributed by atoms with van der Waals surface area (Å²) < 4.78 is 45.7. The minimum atomic E-state index is -2.93. The summed E-state index contributed by atoms with van der Waals surface area (Å²) >= 11 is 0. The lowest BCUT2D eigenvalue weighted by molar-refractivity contribution is -0.0505. The van der Waals surface area contributed by atoms with Crippen molar-refractivity contribution >= 4 is 5.96 Å². The highest BCUT2D eigenvalue weighted by Gasteiger charge is 2.20. The molecule has 1 aromatic rings. The number of methoxy groups -OCH3 is 1. The average Bonchev–Trinajstić information content (AvgIpc) is 3.11. The van der Waals surface area contributed by atoms with E-state index in [-0.39, 0.29) is 19.1 Å². The molecule has 2 N–H and O–H groups in total. The van der Waals surface area contributed by atoms with Gasteiger partial charge in [0.1, 0.15) is 5.75 Å². The van der Waals surface area contributed by atoms with Crippen LogP contribution >= 0.6 is 0 Å². The Morgan fingerprint density at radius 2 is 2.00 bits per heavy atom. The number of nitrogens with zero attached hydrogens (tertiary/aromatic N) is 2. The molecule has 2 rings (SSSR count). The van der Waals surface area contributed by atoms with E-state index in [1.165, 1.54) is 6.07 Å². The van der Waals surface area contributed by atoms with E-state index < -0.39 is 6.61 Å². The van der Waals surface area contributed by atoms with Gasteiger partial charge in [-0.1, -0.05) is 0 Å². The number of fused-ring (bicyclic) bond motifs is 1. The van der Waals surface area contributed by atoms with E-state index in [9.17, 15) is 8.78 Å². The second-order valence-corrected chi connectivity index (χ2v) is 6.11. The van der Waals surface area contributed by atoms with Gasteiger partial charge in [0.05, 0.1) is 13.2 Å². The summed E-state index contributed by atoms with van der Waals surface area (Å²) in [6.45, 7) is 2.87. The average molecular weight is 402 g/mol. The topological polar surface area (TPSA) is 76.6 Å². The smallest absolute Gasteiger partial charge is 0.387 e. The van der Waals surface area contributed by atoms with Crippen molar-refractivity contribution < 1.29 is 27.7 Å². The van der Waals surface area contributed by atoms with Crippen LogP contribution in [0.4, 0.5) is 8.78 Å². The second kappa shape index (κ2) is 11.5. The summed E-state index contributed by atoms with van der Waals surface area (Å²) in [6.07, 6.45) is 0. The number of benzene rings is 1. The van der Waals surface area contributed by atoms with Gasteiger partial charge in [0, 0.05) is 44.9 Å². The van der Waals surface area contributed by atoms with Gasteiger partial charge in [-0.2, -0.15) is 8.78 Å². The highest BCUT2D eigenvalue weighted by molar-refractivity contribution is 5.79. The molecule has 0 fully saturated rings. The predicted molar refractivity (Wildman–Crippen MR) is 101 cm³/mol. The maximum atomic E-state index is 12.7. The third-order valence-electron chi connectivity index (χ3n) is 3.99. The van der Waals surface area contributed by atoms with E-state index in [2.05, 4.69) is 25.3 Å². The van der Waals surface area contributed by atoms with Crippen LogP contribution in [0.25, 0.3) is 0 Å². The molecule has 28 heavy (non-hydrogen) atoms. The Labute approximate surface area is 163 Å². The summed E-state index contributed by atoms with van der Waals surface area (Å²) in [7, 11) is 3.68. The number of halogens is 2. The Morgan fingerprint density at radius 1 is 1.25 bits per heavy atom. The van der Waals surface area contributed by atoms with Gasteiger partial charge < -0.3 is 34.5 Å². The number of ether oxygens (including phenoxy) is 4. The minimum absolute atomic E-state index is 0.0261. The van der Waals surface area contributed by atoms with Crippen LogP contribution in [0.3, 0.4) is 0 Å². The van der Waals surface area contributed by atoms with Gasteiger partial charge >= 0.3 is 6.61 Å². The van der Waals surface area contributed by atoms with Crippen molar-refractivity contribution in [3.05, 3.63) is 17.7 Å². The Morgan fingerprint density at radius 3 is 2.68 bits per heavy atom. The molecule has 0 saturated carbocycles. The molecule has 1 aromatic carbocycles. The van der Waals surface area contributed by atoms with E-state index in [0.29, 0.717) is 42.7 Å². The normalized spacial score (nSPS) is 13.3. The van der Waals surface area contributed by atoms with E-state index in [1.54, 1.807) is 13.2 Å². The summed E-state index contributed by atoms with van der Waals surface area (Å²) in [5.74, 6) is 1.48. The minimum Gasteiger partial charge on any atom is -0.454 e. The first-order valence-electron chi connectivity index (χ1n) is 9.10. The van der Waals surface area contributed by atoms with Crippen molar-refractivity contribution in [3.8, 4) is 17.2 Å². The van der Waals surface area contributed by atoms with Crippen LogP contribution in [-0.2, 0) is 11.3 Å². The first-order valence-corrected chi connectivity index (χ1v) is 9.10. The van der Waals surface area contributed by atoms with Crippen molar-refractivity contribution in [2.45, 2.75) is 20.1 Å². The third-order valence-corrected chi connectivity index (χ3v) is 3.99. The zero-order chi connectivity index (χ0) is 20.4. The molecular weight excluding hydrogens is 374 g/mol. The molecule has 0 radical (unpaired) electrons. The summed E-state index contributed by atoms with van der Waals surface area (Å²) in [6, 6.07) is 3.02. The molecule has 0 unspecified atom stereocenters. The number of aliphatic imine (C=N–C) groups is 1. The highest BCUT2D eigenvalue weighted by Crippen LogP contribution is 2.38. The Balaban J connectivity index is 2.01. The van der Waals surface area contributed by atoms with Crippen molar-refractivity contribution in [1.29, 1.82) is 0 Å². The fourth-order valence-corrected chi connectivity index (χ4v) is 2.52. The van der Waals surface area contributed by atoms with Crippen LogP contribution in [0.15, 0.2) is 17.1 Å². The molecular formula is C18H28F2N4O4. The lowest BCUT2D eigenvalue weighted by Crippen LogP contribution is -2.41. The zero-order valence-electron chi connectivity index (χ0n) is 16.5. The van der Waals surface area contributed by atoms with Gasteiger partial charge in [-0.15, -0.1) is 0 Å². The SMILES string of the molecule is CCNC(=NCc1cc2c(cc1OC(F)F)OCO2)NCCN(C)CCOC. The molecule has 0 spiro atoms. The van der Waals surface area contributed by atoms with Gasteiger partial charge in [-0.05, 0) is 20.0 Å². The molecule has 0 aromatic heterocycles. The van der Waals surface area contributed by atoms with Crippen LogP contribution in [0.5, 0.6) is 17.2 Å². The fraction of sp³-hybridized carbons (Fsp3) is 0.611. The summed E-state index contributed by atoms with van der Waals surface area (Å²) in [5.41, 5.74) is 0.485. The molecule has 1 heterocycles. The monoisotopic (exact) mass is 402 g/mol. The van der Waals surface area contributed by atoms with Crippen LogP contribution in [0.2, 0.25) is 0 Å². The molecule has 8 nitrogen and oxygen atoms in total. The fourth-order valence-electron chi connectivity index (χ4n) is 2.52. The number of alkyl halides is 2. The third kappa shape index (κ3) is 7.01. The Hall–Kier alpha value is -2.33. The molecule has 0 aliphatic carbocycles. The maximum absolute atomic E-state index is 12.7. The Kier molecular flexibility index (Phi) is 9.02. The molecule has 0 saturated heterocycles. The van der Waals surface area contributed by atoms with E-state index in [0.717, 1.165) is 13.1 Å². The zero-order valence-corrected chi connectivity index (χ0v) is 16.5. The van der Waals surface area contributed by atoms with Gasteiger partial charge in [-0.25, -0.2) is 4.99 Å². The van der Waals surface area contributed by atoms with Gasteiger partial charge in [0.15, 0.2) is 17.5 Å².